The van der Waals surface area contributed by atoms with Crippen molar-refractivity contribution in [1.29, 1.82) is 0 Å². The number of benzene rings is 1. The van der Waals surface area contributed by atoms with Crippen LogP contribution in [0.2, 0.25) is 0 Å². The molecule has 6 nitrogen and oxygen atoms in total. The number of aromatic nitrogens is 2. The minimum atomic E-state index is -0.390. The first-order valence-corrected chi connectivity index (χ1v) is 8.97. The molecule has 1 saturated heterocycles. The molecule has 6 heteroatoms. The second kappa shape index (κ2) is 6.94. The third-order valence-electron chi connectivity index (χ3n) is 4.65. The van der Waals surface area contributed by atoms with Gasteiger partial charge >= 0.3 is 0 Å². The van der Waals surface area contributed by atoms with E-state index in [1.807, 2.05) is 56.9 Å². The average molecular weight is 354 g/mol. The molecule has 0 spiro atoms. The van der Waals surface area contributed by atoms with Crippen LogP contribution in [0.5, 0.6) is 0 Å². The van der Waals surface area contributed by atoms with Crippen LogP contribution in [0, 0.1) is 12.3 Å². The molecule has 1 aromatic heterocycles. The highest BCUT2D eigenvalue weighted by atomic mass is 16.2. The quantitative estimate of drug-likeness (QED) is 0.901. The highest BCUT2D eigenvalue weighted by molar-refractivity contribution is 5.93. The molecule has 0 unspecified atom stereocenters. The van der Waals surface area contributed by atoms with Crippen molar-refractivity contribution in [2.75, 3.05) is 26.2 Å². The monoisotopic (exact) mass is 354 g/mol. The van der Waals surface area contributed by atoms with Crippen molar-refractivity contribution in [3.05, 3.63) is 41.6 Å². The van der Waals surface area contributed by atoms with E-state index in [1.165, 1.54) is 5.56 Å². The number of hydrogen-bond acceptors (Lipinski definition) is 3. The molecule has 26 heavy (non-hydrogen) atoms. The Balaban J connectivity index is 1.64. The predicted molar refractivity (Wildman–Crippen MR) is 101 cm³/mol. The summed E-state index contributed by atoms with van der Waals surface area (Å²) in [7, 11) is 0. The van der Waals surface area contributed by atoms with E-state index < -0.39 is 5.41 Å². The minimum Gasteiger partial charge on any atom is -0.339 e. The van der Waals surface area contributed by atoms with E-state index in [9.17, 15) is 9.59 Å². The number of aromatic amines is 1. The lowest BCUT2D eigenvalue weighted by atomic mass is 9.94. The van der Waals surface area contributed by atoms with Crippen LogP contribution in [0.1, 0.15) is 36.8 Å². The molecule has 0 radical (unpaired) electrons. The van der Waals surface area contributed by atoms with Gasteiger partial charge in [0.2, 0.25) is 5.91 Å². The van der Waals surface area contributed by atoms with Gasteiger partial charge in [0.05, 0.1) is 5.69 Å². The van der Waals surface area contributed by atoms with Gasteiger partial charge in [-0.2, -0.15) is 5.10 Å². The van der Waals surface area contributed by atoms with Crippen molar-refractivity contribution in [2.45, 2.75) is 27.7 Å². The molecule has 138 valence electrons. The zero-order valence-electron chi connectivity index (χ0n) is 15.9. The van der Waals surface area contributed by atoms with Crippen molar-refractivity contribution in [3.8, 4) is 11.3 Å². The summed E-state index contributed by atoms with van der Waals surface area (Å²) in [6.07, 6.45) is 0. The lowest BCUT2D eigenvalue weighted by Crippen LogP contribution is -2.53. The molecule has 1 aliphatic heterocycles. The number of nitrogens with one attached hydrogen (secondary N) is 1. The van der Waals surface area contributed by atoms with Gasteiger partial charge in [0.1, 0.15) is 5.69 Å². The van der Waals surface area contributed by atoms with Gasteiger partial charge in [-0.3, -0.25) is 14.7 Å². The second-order valence-corrected chi connectivity index (χ2v) is 7.87. The minimum absolute atomic E-state index is 0.0706. The largest absolute Gasteiger partial charge is 0.339 e. The first kappa shape index (κ1) is 18.2. The Morgan fingerprint density at radius 3 is 2.15 bits per heavy atom. The van der Waals surface area contributed by atoms with Crippen LogP contribution in [0.4, 0.5) is 0 Å². The lowest BCUT2D eigenvalue weighted by molar-refractivity contribution is -0.140. The zero-order chi connectivity index (χ0) is 18.9. The summed E-state index contributed by atoms with van der Waals surface area (Å²) in [4.78, 5) is 28.7. The van der Waals surface area contributed by atoms with Crippen LogP contribution in [-0.4, -0.2) is 58.0 Å². The molecule has 2 heterocycles. The van der Waals surface area contributed by atoms with Gasteiger partial charge in [-0.25, -0.2) is 0 Å². The molecule has 1 N–H and O–H groups in total. The fourth-order valence-electron chi connectivity index (χ4n) is 3.06. The smallest absolute Gasteiger partial charge is 0.272 e. The standard InChI is InChI=1S/C20H26N4O2/c1-14-5-7-15(8-6-14)16-13-17(22-21-16)18(25)23-9-11-24(12-10-23)19(26)20(2,3)4/h5-8,13H,9-12H2,1-4H3,(H,21,22). The Hall–Kier alpha value is -2.63. The Bertz CT molecular complexity index is 794. The molecule has 0 atom stereocenters. The summed E-state index contributed by atoms with van der Waals surface area (Å²) in [6, 6.07) is 9.83. The normalized spacial score (nSPS) is 15.2. The topological polar surface area (TPSA) is 69.3 Å². The van der Waals surface area contributed by atoms with Gasteiger partial charge < -0.3 is 9.80 Å². The Labute approximate surface area is 154 Å². The average Bonchev–Trinajstić information content (AvgIpc) is 3.10. The number of amides is 2. The number of H-pyrrole nitrogens is 1. The van der Waals surface area contributed by atoms with Crippen molar-refractivity contribution < 1.29 is 9.59 Å². The molecule has 1 aliphatic rings. The number of piperazine rings is 1. The molecule has 1 aromatic carbocycles. The lowest BCUT2D eigenvalue weighted by Gasteiger charge is -2.37. The van der Waals surface area contributed by atoms with Crippen LogP contribution in [0.15, 0.2) is 30.3 Å². The van der Waals surface area contributed by atoms with Crippen LogP contribution in [-0.2, 0) is 4.79 Å². The van der Waals surface area contributed by atoms with E-state index >= 15 is 0 Å². The van der Waals surface area contributed by atoms with Crippen LogP contribution >= 0.6 is 0 Å². The maximum Gasteiger partial charge on any atom is 0.272 e. The summed E-state index contributed by atoms with van der Waals surface area (Å²) < 4.78 is 0. The van der Waals surface area contributed by atoms with Crippen LogP contribution in [0.3, 0.4) is 0 Å². The first-order valence-electron chi connectivity index (χ1n) is 8.97. The van der Waals surface area contributed by atoms with Gasteiger partial charge in [-0.15, -0.1) is 0 Å². The zero-order valence-corrected chi connectivity index (χ0v) is 15.9. The number of hydrogen-bond donors (Lipinski definition) is 1. The Morgan fingerprint density at radius 1 is 1.00 bits per heavy atom. The number of nitrogens with zero attached hydrogens (tertiary/aromatic N) is 3. The van der Waals surface area contributed by atoms with E-state index in [-0.39, 0.29) is 11.8 Å². The first-order chi connectivity index (χ1) is 12.3. The van der Waals surface area contributed by atoms with Gasteiger partial charge in [0, 0.05) is 37.2 Å². The molecule has 0 bridgehead atoms. The number of aryl methyl sites for hydroxylation is 1. The van der Waals surface area contributed by atoms with E-state index in [4.69, 9.17) is 0 Å². The molecule has 3 rings (SSSR count). The molecule has 2 aromatic rings. The van der Waals surface area contributed by atoms with Gasteiger partial charge in [-0.1, -0.05) is 50.6 Å². The van der Waals surface area contributed by atoms with E-state index in [0.29, 0.717) is 31.9 Å². The Morgan fingerprint density at radius 2 is 1.58 bits per heavy atom. The summed E-state index contributed by atoms with van der Waals surface area (Å²) in [5.74, 6) is 0.0616. The molecule has 2 amide bonds. The molecule has 1 fully saturated rings. The van der Waals surface area contributed by atoms with Gasteiger partial charge in [-0.05, 0) is 13.0 Å². The second-order valence-electron chi connectivity index (χ2n) is 7.87. The van der Waals surface area contributed by atoms with Crippen LogP contribution < -0.4 is 0 Å². The van der Waals surface area contributed by atoms with Crippen molar-refractivity contribution in [2.24, 2.45) is 5.41 Å². The highest BCUT2D eigenvalue weighted by Gasteiger charge is 2.31. The maximum absolute atomic E-state index is 12.7. The van der Waals surface area contributed by atoms with E-state index in [1.54, 1.807) is 11.0 Å². The SMILES string of the molecule is Cc1ccc(-c2cc(C(=O)N3CCN(C(=O)C(C)(C)C)CC3)[nH]n2)cc1. The molecular weight excluding hydrogens is 328 g/mol. The van der Waals surface area contributed by atoms with E-state index in [0.717, 1.165) is 11.3 Å². The predicted octanol–water partition coefficient (Wildman–Crippen LogP) is 2.72. The molecule has 0 saturated carbocycles. The van der Waals surface area contributed by atoms with Crippen molar-refractivity contribution in [3.63, 3.8) is 0 Å². The number of carbonyl (C=O) groups excluding carboxylic acids is 2. The summed E-state index contributed by atoms with van der Waals surface area (Å²) in [5.41, 5.74) is 3.01. The molecular formula is C20H26N4O2. The summed E-state index contributed by atoms with van der Waals surface area (Å²) >= 11 is 0. The molecule has 0 aliphatic carbocycles. The van der Waals surface area contributed by atoms with Crippen molar-refractivity contribution >= 4 is 11.8 Å². The van der Waals surface area contributed by atoms with E-state index in [2.05, 4.69) is 10.2 Å². The van der Waals surface area contributed by atoms with Gasteiger partial charge in [0.15, 0.2) is 0 Å². The maximum atomic E-state index is 12.7. The summed E-state index contributed by atoms with van der Waals surface area (Å²) in [5, 5.41) is 7.12. The highest BCUT2D eigenvalue weighted by Crippen LogP contribution is 2.21. The van der Waals surface area contributed by atoms with Crippen molar-refractivity contribution in [1.82, 2.24) is 20.0 Å². The van der Waals surface area contributed by atoms with Crippen LogP contribution in [0.25, 0.3) is 11.3 Å². The Kier molecular flexibility index (Phi) is 4.85. The third-order valence-corrected chi connectivity index (χ3v) is 4.65. The fourth-order valence-corrected chi connectivity index (χ4v) is 3.06. The number of carbonyl (C=O) groups is 2. The fraction of sp³-hybridized carbons (Fsp3) is 0.450. The summed E-state index contributed by atoms with van der Waals surface area (Å²) in [6.45, 7) is 10.0. The third kappa shape index (κ3) is 3.79. The number of rotatable bonds is 2. The van der Waals surface area contributed by atoms with Gasteiger partial charge in [0.25, 0.3) is 5.91 Å².